The highest BCUT2D eigenvalue weighted by atomic mass is 35.5. The average molecular weight is 349 g/mol. The number of halogens is 1. The summed E-state index contributed by atoms with van der Waals surface area (Å²) in [4.78, 5) is 27.2. The summed E-state index contributed by atoms with van der Waals surface area (Å²) in [6.07, 6.45) is 4.20. The molecular weight excluding hydrogens is 324 g/mol. The lowest BCUT2D eigenvalue weighted by atomic mass is 9.96. The fraction of sp³-hybridized carbons (Fsp3) is 0.579. The maximum Gasteiger partial charge on any atom is 0.238 e. The van der Waals surface area contributed by atoms with Crippen molar-refractivity contribution in [2.45, 2.75) is 39.0 Å². The van der Waals surface area contributed by atoms with Crippen LogP contribution >= 0.6 is 11.6 Å². The number of nitrogens with zero attached hydrogens (tertiary/aromatic N) is 1. The van der Waals surface area contributed by atoms with Crippen molar-refractivity contribution in [3.63, 3.8) is 0 Å². The van der Waals surface area contributed by atoms with E-state index in [0.29, 0.717) is 30.3 Å². The Morgan fingerprint density at radius 2 is 1.83 bits per heavy atom. The Balaban J connectivity index is 1.50. The number of carbonyl (C=O) groups excluding carboxylic acids is 2. The molecule has 24 heavy (non-hydrogen) atoms. The number of piperidine rings is 1. The van der Waals surface area contributed by atoms with Crippen LogP contribution in [0.25, 0.3) is 0 Å². The Bertz CT molecular complexity index is 602. The lowest BCUT2D eigenvalue weighted by Crippen LogP contribution is -2.48. The van der Waals surface area contributed by atoms with E-state index in [9.17, 15) is 9.59 Å². The Hall–Kier alpha value is -1.55. The molecule has 2 amide bonds. The fourth-order valence-electron chi connectivity index (χ4n) is 3.32. The molecule has 1 saturated heterocycles. The van der Waals surface area contributed by atoms with Crippen molar-refractivity contribution >= 4 is 23.4 Å². The van der Waals surface area contributed by atoms with Crippen LogP contribution in [0.3, 0.4) is 0 Å². The Labute approximate surface area is 148 Å². The van der Waals surface area contributed by atoms with Gasteiger partial charge in [-0.3, -0.25) is 9.59 Å². The van der Waals surface area contributed by atoms with Gasteiger partial charge in [0.2, 0.25) is 11.8 Å². The van der Waals surface area contributed by atoms with Crippen molar-refractivity contribution in [3.8, 4) is 0 Å². The Morgan fingerprint density at radius 1 is 1.21 bits per heavy atom. The predicted octanol–water partition coefficient (Wildman–Crippen LogP) is 3.04. The van der Waals surface area contributed by atoms with Crippen molar-refractivity contribution in [2.24, 2.45) is 11.3 Å². The number of likely N-dealkylation sites (tertiary alicyclic amines) is 1. The maximum absolute atomic E-state index is 12.8. The minimum absolute atomic E-state index is 0.0402. The zero-order valence-electron chi connectivity index (χ0n) is 14.2. The molecule has 1 aromatic carbocycles. The van der Waals surface area contributed by atoms with Crippen LogP contribution in [0.5, 0.6) is 0 Å². The van der Waals surface area contributed by atoms with Crippen molar-refractivity contribution in [3.05, 3.63) is 34.9 Å². The molecule has 4 nitrogen and oxygen atoms in total. The monoisotopic (exact) mass is 348 g/mol. The molecule has 1 N–H and O–H groups in total. The van der Waals surface area contributed by atoms with E-state index in [2.05, 4.69) is 12.2 Å². The third-order valence-corrected chi connectivity index (χ3v) is 5.53. The molecule has 1 aliphatic carbocycles. The van der Waals surface area contributed by atoms with Gasteiger partial charge in [-0.15, -0.1) is 0 Å². The van der Waals surface area contributed by atoms with Gasteiger partial charge in [0.15, 0.2) is 0 Å². The van der Waals surface area contributed by atoms with E-state index in [4.69, 9.17) is 11.6 Å². The summed E-state index contributed by atoms with van der Waals surface area (Å²) in [5.41, 5.74) is 0.349. The van der Waals surface area contributed by atoms with Crippen LogP contribution in [0.1, 0.15) is 38.2 Å². The highest BCUT2D eigenvalue weighted by Crippen LogP contribution is 2.48. The number of nitrogens with one attached hydrogen (secondary N) is 1. The first-order valence-electron chi connectivity index (χ1n) is 8.83. The van der Waals surface area contributed by atoms with Crippen molar-refractivity contribution < 1.29 is 9.59 Å². The van der Waals surface area contributed by atoms with Gasteiger partial charge in [0, 0.05) is 24.7 Å². The minimum Gasteiger partial charge on any atom is -0.355 e. The van der Waals surface area contributed by atoms with E-state index in [-0.39, 0.29) is 11.8 Å². The highest BCUT2D eigenvalue weighted by molar-refractivity contribution is 6.30. The third-order valence-electron chi connectivity index (χ3n) is 5.28. The second-order valence-corrected chi connectivity index (χ2v) is 7.63. The molecule has 0 unspecified atom stereocenters. The summed E-state index contributed by atoms with van der Waals surface area (Å²) in [5.74, 6) is 0.621. The molecule has 1 aliphatic heterocycles. The van der Waals surface area contributed by atoms with Crippen LogP contribution in [0.4, 0.5) is 0 Å². The molecule has 0 atom stereocenters. The molecule has 5 heteroatoms. The number of hydrogen-bond donors (Lipinski definition) is 1. The third kappa shape index (κ3) is 3.75. The van der Waals surface area contributed by atoms with Gasteiger partial charge in [-0.1, -0.05) is 30.7 Å². The van der Waals surface area contributed by atoms with Crippen LogP contribution in [0.15, 0.2) is 24.3 Å². The molecule has 2 fully saturated rings. The fourth-order valence-corrected chi connectivity index (χ4v) is 3.44. The van der Waals surface area contributed by atoms with Crippen LogP contribution in [0.2, 0.25) is 5.02 Å². The standard InChI is InChI=1S/C19H25ClN2O2/c1-14-7-12-22(13-8-14)18(24)19(9-10-19)17(23)21-11-6-15-2-4-16(20)5-3-15/h2-5,14H,6-13H2,1H3,(H,21,23). The Morgan fingerprint density at radius 3 is 2.42 bits per heavy atom. The summed E-state index contributed by atoms with van der Waals surface area (Å²) >= 11 is 5.87. The van der Waals surface area contributed by atoms with E-state index in [1.165, 1.54) is 0 Å². The van der Waals surface area contributed by atoms with Crippen LogP contribution < -0.4 is 5.32 Å². The van der Waals surface area contributed by atoms with E-state index in [1.807, 2.05) is 29.2 Å². The van der Waals surface area contributed by atoms with Gasteiger partial charge in [-0.2, -0.15) is 0 Å². The SMILES string of the molecule is CC1CCN(C(=O)C2(C(=O)NCCc3ccc(Cl)cc3)CC2)CC1. The molecule has 3 rings (SSSR count). The number of hydrogen-bond acceptors (Lipinski definition) is 2. The van der Waals surface area contributed by atoms with Gasteiger partial charge in [0.1, 0.15) is 5.41 Å². The van der Waals surface area contributed by atoms with Gasteiger partial charge in [0.25, 0.3) is 0 Å². The molecule has 1 aromatic rings. The topological polar surface area (TPSA) is 49.4 Å². The first-order chi connectivity index (χ1) is 11.5. The van der Waals surface area contributed by atoms with E-state index in [1.54, 1.807) is 0 Å². The second-order valence-electron chi connectivity index (χ2n) is 7.19. The Kier molecular flexibility index (Phi) is 5.14. The van der Waals surface area contributed by atoms with Crippen LogP contribution in [-0.4, -0.2) is 36.3 Å². The second kappa shape index (κ2) is 7.14. The first-order valence-corrected chi connectivity index (χ1v) is 9.21. The number of benzene rings is 1. The molecule has 0 spiro atoms. The highest BCUT2D eigenvalue weighted by Gasteiger charge is 2.57. The summed E-state index contributed by atoms with van der Waals surface area (Å²) in [5, 5.41) is 3.67. The van der Waals surface area contributed by atoms with E-state index in [0.717, 1.165) is 37.9 Å². The molecule has 2 aliphatic rings. The average Bonchev–Trinajstić information content (AvgIpc) is 3.38. The van der Waals surface area contributed by atoms with Gasteiger partial charge in [-0.05, 0) is 55.7 Å². The van der Waals surface area contributed by atoms with Gasteiger partial charge >= 0.3 is 0 Å². The van der Waals surface area contributed by atoms with E-state index < -0.39 is 5.41 Å². The smallest absolute Gasteiger partial charge is 0.238 e. The number of amides is 2. The summed E-state index contributed by atoms with van der Waals surface area (Å²) in [6, 6.07) is 7.62. The lowest BCUT2D eigenvalue weighted by molar-refractivity contribution is -0.145. The number of carbonyl (C=O) groups is 2. The van der Waals surface area contributed by atoms with Crippen molar-refractivity contribution in [1.82, 2.24) is 10.2 Å². The van der Waals surface area contributed by atoms with Crippen molar-refractivity contribution in [1.29, 1.82) is 0 Å². The van der Waals surface area contributed by atoms with Crippen LogP contribution in [-0.2, 0) is 16.0 Å². The van der Waals surface area contributed by atoms with Gasteiger partial charge in [-0.25, -0.2) is 0 Å². The summed E-state index contributed by atoms with van der Waals surface area (Å²) in [6.45, 7) is 4.35. The zero-order chi connectivity index (χ0) is 17.2. The minimum atomic E-state index is -0.777. The van der Waals surface area contributed by atoms with Crippen molar-refractivity contribution in [2.75, 3.05) is 19.6 Å². The van der Waals surface area contributed by atoms with Crippen LogP contribution in [0, 0.1) is 11.3 Å². The quantitative estimate of drug-likeness (QED) is 0.831. The van der Waals surface area contributed by atoms with Gasteiger partial charge in [0.05, 0.1) is 0 Å². The normalized spacial score (nSPS) is 19.8. The first kappa shape index (κ1) is 17.3. The zero-order valence-corrected chi connectivity index (χ0v) is 14.9. The lowest BCUT2D eigenvalue weighted by Gasteiger charge is -2.32. The molecule has 0 bridgehead atoms. The molecule has 0 aromatic heterocycles. The molecule has 1 saturated carbocycles. The molecule has 0 radical (unpaired) electrons. The van der Waals surface area contributed by atoms with Gasteiger partial charge < -0.3 is 10.2 Å². The largest absolute Gasteiger partial charge is 0.355 e. The summed E-state index contributed by atoms with van der Waals surface area (Å²) < 4.78 is 0. The predicted molar refractivity (Wildman–Crippen MR) is 94.8 cm³/mol. The van der Waals surface area contributed by atoms with E-state index >= 15 is 0 Å². The maximum atomic E-state index is 12.8. The molecule has 1 heterocycles. The molecule has 130 valence electrons. The summed E-state index contributed by atoms with van der Waals surface area (Å²) in [7, 11) is 0. The molecular formula is C19H25ClN2O2. The number of rotatable bonds is 5.